The number of halogens is 2. The highest BCUT2D eigenvalue weighted by molar-refractivity contribution is 6.31. The molecule has 0 aliphatic heterocycles. The molecule has 13 heavy (non-hydrogen) atoms. The van der Waals surface area contributed by atoms with Crippen LogP contribution in [-0.4, -0.2) is 24.7 Å². The summed E-state index contributed by atoms with van der Waals surface area (Å²) in [4.78, 5) is 11.4. The Hall–Kier alpha value is -1.20. The lowest BCUT2D eigenvalue weighted by atomic mass is 10.6. The Balaban J connectivity index is 2.53. The summed E-state index contributed by atoms with van der Waals surface area (Å²) in [6, 6.07) is 1.54. The van der Waals surface area contributed by atoms with Gasteiger partial charge in [0.2, 0.25) is 5.28 Å². The van der Waals surface area contributed by atoms with Crippen LogP contribution in [0.15, 0.2) is 18.7 Å². The molecule has 0 aliphatic rings. The fourth-order valence-electron chi connectivity index (χ4n) is 0.823. The van der Waals surface area contributed by atoms with Crippen molar-refractivity contribution in [3.8, 4) is 5.82 Å². The molecule has 0 saturated heterocycles. The zero-order valence-corrected chi connectivity index (χ0v) is 7.74. The Morgan fingerprint density at radius 2 is 2.08 bits per heavy atom. The molecule has 0 N–H and O–H groups in total. The standard InChI is InChI=1S/C6H3Cl2N5/c7-4-1-5(12-6(8)11-4)13-3-9-2-10-13/h1-3H. The molecule has 7 heteroatoms. The molecule has 2 heterocycles. The van der Waals surface area contributed by atoms with Crippen LogP contribution in [0.25, 0.3) is 5.82 Å². The number of aromatic nitrogens is 5. The molecule has 0 radical (unpaired) electrons. The summed E-state index contributed by atoms with van der Waals surface area (Å²) in [6.45, 7) is 0. The minimum atomic E-state index is 0.0815. The first kappa shape index (κ1) is 8.40. The zero-order chi connectivity index (χ0) is 9.26. The molecule has 5 nitrogen and oxygen atoms in total. The van der Waals surface area contributed by atoms with E-state index in [-0.39, 0.29) is 10.4 Å². The first-order valence-electron chi connectivity index (χ1n) is 3.31. The number of hydrogen-bond acceptors (Lipinski definition) is 4. The highest BCUT2D eigenvalue weighted by atomic mass is 35.5. The van der Waals surface area contributed by atoms with Crippen LogP contribution in [-0.2, 0) is 0 Å². The van der Waals surface area contributed by atoms with Gasteiger partial charge in [0.05, 0.1) is 0 Å². The lowest BCUT2D eigenvalue weighted by Crippen LogP contribution is -1.99. The van der Waals surface area contributed by atoms with Crippen molar-refractivity contribution < 1.29 is 0 Å². The van der Waals surface area contributed by atoms with Crippen molar-refractivity contribution in [1.82, 2.24) is 24.7 Å². The van der Waals surface area contributed by atoms with E-state index in [4.69, 9.17) is 23.2 Å². The van der Waals surface area contributed by atoms with Gasteiger partial charge in [-0.1, -0.05) is 11.6 Å². The molecule has 2 aromatic rings. The molecule has 0 fully saturated rings. The molecule has 0 amide bonds. The number of nitrogens with zero attached hydrogens (tertiary/aromatic N) is 5. The van der Waals surface area contributed by atoms with E-state index < -0.39 is 0 Å². The summed E-state index contributed by atoms with van der Waals surface area (Å²) in [5.74, 6) is 0.488. The van der Waals surface area contributed by atoms with Gasteiger partial charge in [-0.15, -0.1) is 0 Å². The summed E-state index contributed by atoms with van der Waals surface area (Å²) in [6.07, 6.45) is 2.89. The first-order chi connectivity index (χ1) is 6.25. The van der Waals surface area contributed by atoms with Crippen LogP contribution in [0.5, 0.6) is 0 Å². The number of hydrogen-bond donors (Lipinski definition) is 0. The molecule has 0 atom stereocenters. The maximum Gasteiger partial charge on any atom is 0.225 e. The van der Waals surface area contributed by atoms with E-state index in [2.05, 4.69) is 20.1 Å². The van der Waals surface area contributed by atoms with Gasteiger partial charge < -0.3 is 0 Å². The quantitative estimate of drug-likeness (QED) is 0.533. The molecule has 2 rings (SSSR count). The monoisotopic (exact) mass is 215 g/mol. The fourth-order valence-corrected chi connectivity index (χ4v) is 1.22. The third-order valence-electron chi connectivity index (χ3n) is 1.31. The second kappa shape index (κ2) is 3.27. The van der Waals surface area contributed by atoms with Crippen LogP contribution in [0.4, 0.5) is 0 Å². The molecule has 0 saturated carbocycles. The zero-order valence-electron chi connectivity index (χ0n) is 6.22. The maximum absolute atomic E-state index is 5.67. The lowest BCUT2D eigenvalue weighted by Gasteiger charge is -1.99. The van der Waals surface area contributed by atoms with Crippen LogP contribution in [0.3, 0.4) is 0 Å². The third-order valence-corrected chi connectivity index (χ3v) is 1.67. The van der Waals surface area contributed by atoms with Gasteiger partial charge in [-0.05, 0) is 11.6 Å². The second-order valence-corrected chi connectivity index (χ2v) is 2.88. The molecule has 0 aromatic carbocycles. The summed E-state index contributed by atoms with van der Waals surface area (Å²) in [7, 11) is 0. The average molecular weight is 216 g/mol. The maximum atomic E-state index is 5.67. The molecule has 0 bridgehead atoms. The minimum absolute atomic E-state index is 0.0815. The van der Waals surface area contributed by atoms with Gasteiger partial charge in [-0.2, -0.15) is 10.1 Å². The SMILES string of the molecule is Clc1cc(-n2cncn2)nc(Cl)n1. The van der Waals surface area contributed by atoms with Gasteiger partial charge in [0.15, 0.2) is 5.82 Å². The van der Waals surface area contributed by atoms with Gasteiger partial charge in [0.1, 0.15) is 17.8 Å². The lowest BCUT2D eigenvalue weighted by molar-refractivity contribution is 0.838. The minimum Gasteiger partial charge on any atom is -0.223 e. The molecular weight excluding hydrogens is 213 g/mol. The van der Waals surface area contributed by atoms with Crippen molar-refractivity contribution in [2.45, 2.75) is 0 Å². The predicted molar refractivity (Wildman–Crippen MR) is 47.0 cm³/mol. The highest BCUT2D eigenvalue weighted by Gasteiger charge is 2.02. The van der Waals surface area contributed by atoms with Crippen molar-refractivity contribution in [2.75, 3.05) is 0 Å². The third kappa shape index (κ3) is 1.76. The summed E-state index contributed by atoms with van der Waals surface area (Å²) >= 11 is 11.3. The Labute approximate surface area is 83.4 Å². The largest absolute Gasteiger partial charge is 0.225 e. The van der Waals surface area contributed by atoms with E-state index in [0.717, 1.165) is 0 Å². The van der Waals surface area contributed by atoms with Crippen molar-refractivity contribution in [1.29, 1.82) is 0 Å². The topological polar surface area (TPSA) is 56.5 Å². The van der Waals surface area contributed by atoms with E-state index >= 15 is 0 Å². The molecular formula is C6H3Cl2N5. The molecule has 66 valence electrons. The first-order valence-corrected chi connectivity index (χ1v) is 4.06. The fraction of sp³-hybridized carbons (Fsp3) is 0. The molecule has 0 unspecified atom stereocenters. The van der Waals surface area contributed by atoms with Gasteiger partial charge >= 0.3 is 0 Å². The van der Waals surface area contributed by atoms with Crippen molar-refractivity contribution in [3.63, 3.8) is 0 Å². The summed E-state index contributed by atoms with van der Waals surface area (Å²) in [5.41, 5.74) is 0. The highest BCUT2D eigenvalue weighted by Crippen LogP contribution is 2.12. The molecule has 0 aliphatic carbocycles. The van der Waals surface area contributed by atoms with Gasteiger partial charge in [-0.25, -0.2) is 14.6 Å². The van der Waals surface area contributed by atoms with Crippen LogP contribution in [0.2, 0.25) is 10.4 Å². The second-order valence-electron chi connectivity index (χ2n) is 2.16. The summed E-state index contributed by atoms with van der Waals surface area (Å²) in [5, 5.41) is 4.22. The van der Waals surface area contributed by atoms with E-state index in [1.807, 2.05) is 0 Å². The number of rotatable bonds is 1. The summed E-state index contributed by atoms with van der Waals surface area (Å²) < 4.78 is 1.44. The van der Waals surface area contributed by atoms with Crippen LogP contribution < -0.4 is 0 Å². The Morgan fingerprint density at radius 3 is 2.69 bits per heavy atom. The van der Waals surface area contributed by atoms with Crippen molar-refractivity contribution >= 4 is 23.2 Å². The predicted octanol–water partition coefficient (Wildman–Crippen LogP) is 1.36. The Morgan fingerprint density at radius 1 is 1.23 bits per heavy atom. The van der Waals surface area contributed by atoms with E-state index in [9.17, 15) is 0 Å². The Bertz CT molecular complexity index is 393. The van der Waals surface area contributed by atoms with Crippen LogP contribution >= 0.6 is 23.2 Å². The van der Waals surface area contributed by atoms with Gasteiger partial charge in [-0.3, -0.25) is 0 Å². The van der Waals surface area contributed by atoms with Crippen LogP contribution in [0, 0.1) is 0 Å². The normalized spacial score (nSPS) is 10.3. The average Bonchev–Trinajstić information content (AvgIpc) is 2.53. The van der Waals surface area contributed by atoms with Crippen molar-refractivity contribution in [2.24, 2.45) is 0 Å². The molecule has 2 aromatic heterocycles. The van der Waals surface area contributed by atoms with Gasteiger partial charge in [0.25, 0.3) is 0 Å². The van der Waals surface area contributed by atoms with E-state index in [1.165, 1.54) is 17.3 Å². The smallest absolute Gasteiger partial charge is 0.223 e. The van der Waals surface area contributed by atoms with Crippen LogP contribution in [0.1, 0.15) is 0 Å². The van der Waals surface area contributed by atoms with Gasteiger partial charge in [0, 0.05) is 6.07 Å². The van der Waals surface area contributed by atoms with E-state index in [1.54, 1.807) is 6.07 Å². The van der Waals surface area contributed by atoms with Crippen molar-refractivity contribution in [3.05, 3.63) is 29.2 Å². The Kier molecular flexibility index (Phi) is 2.12. The van der Waals surface area contributed by atoms with E-state index in [0.29, 0.717) is 5.82 Å². The molecule has 0 spiro atoms.